The van der Waals surface area contributed by atoms with Crippen LogP contribution in [-0.4, -0.2) is 31.1 Å². The second-order valence-corrected chi connectivity index (χ2v) is 7.66. The Balaban J connectivity index is 0.00000121. The molecule has 1 heterocycles. The Kier molecular flexibility index (Phi) is 9.28. The number of nitrogens with one attached hydrogen (secondary N) is 1. The molecule has 2 nitrogen and oxygen atoms in total. The third-order valence-corrected chi connectivity index (χ3v) is 6.56. The molecule has 2 aliphatic rings. The Labute approximate surface area is 162 Å². The number of piperazine rings is 1. The minimum Gasteiger partial charge on any atom is -0.314 e. The molecule has 0 aromatic heterocycles. The summed E-state index contributed by atoms with van der Waals surface area (Å²) in [6.07, 6.45) is 5.60. The number of rotatable bonds is 3. The summed E-state index contributed by atoms with van der Waals surface area (Å²) in [5.41, 5.74) is 1.48. The van der Waals surface area contributed by atoms with Gasteiger partial charge in [-0.3, -0.25) is 4.90 Å². The third kappa shape index (κ3) is 4.84. The first kappa shape index (κ1) is 20.7. The largest absolute Gasteiger partial charge is 0.314 e. The molecule has 1 aromatic rings. The highest BCUT2D eigenvalue weighted by Gasteiger charge is 2.31. The van der Waals surface area contributed by atoms with Gasteiger partial charge < -0.3 is 5.32 Å². The van der Waals surface area contributed by atoms with Crippen LogP contribution in [0.4, 0.5) is 0 Å². The van der Waals surface area contributed by atoms with E-state index < -0.39 is 0 Å². The van der Waals surface area contributed by atoms with Crippen LogP contribution in [0.25, 0.3) is 0 Å². The van der Waals surface area contributed by atoms with Crippen LogP contribution in [0.2, 0.25) is 0 Å². The molecule has 2 fully saturated rings. The van der Waals surface area contributed by atoms with E-state index in [1.165, 1.54) is 48.8 Å². The molecule has 3 rings (SSSR count). The summed E-state index contributed by atoms with van der Waals surface area (Å²) in [7, 11) is 0. The van der Waals surface area contributed by atoms with Gasteiger partial charge in [-0.05, 0) is 68.3 Å². The molecule has 126 valence electrons. The van der Waals surface area contributed by atoms with Gasteiger partial charge in [0.2, 0.25) is 0 Å². The van der Waals surface area contributed by atoms with E-state index in [1.54, 1.807) is 0 Å². The first-order chi connectivity index (χ1) is 9.75. The van der Waals surface area contributed by atoms with E-state index in [1.807, 2.05) is 0 Å². The summed E-state index contributed by atoms with van der Waals surface area (Å²) < 4.78 is 2.32. The lowest BCUT2D eigenvalue weighted by Crippen LogP contribution is -2.46. The molecule has 1 aromatic carbocycles. The predicted octanol–water partition coefficient (Wildman–Crippen LogP) is 5.19. The lowest BCUT2D eigenvalue weighted by molar-refractivity contribution is 0.125. The quantitative estimate of drug-likeness (QED) is 0.648. The summed E-state index contributed by atoms with van der Waals surface area (Å²) in [6.45, 7) is 4.60. The zero-order chi connectivity index (χ0) is 13.9. The molecule has 1 N–H and O–H groups in total. The monoisotopic (exact) mass is 472 g/mol. The molecule has 0 amide bonds. The van der Waals surface area contributed by atoms with Crippen molar-refractivity contribution in [2.45, 2.75) is 31.7 Å². The molecule has 1 saturated heterocycles. The van der Waals surface area contributed by atoms with Crippen LogP contribution >= 0.6 is 56.7 Å². The van der Waals surface area contributed by atoms with E-state index in [2.05, 4.69) is 60.3 Å². The Morgan fingerprint density at radius 1 is 1.00 bits per heavy atom. The lowest BCUT2D eigenvalue weighted by atomic mass is 9.90. The maximum absolute atomic E-state index is 3.67. The molecule has 0 spiro atoms. The van der Waals surface area contributed by atoms with Crippen molar-refractivity contribution in [3.8, 4) is 0 Å². The second kappa shape index (κ2) is 9.85. The van der Waals surface area contributed by atoms with Gasteiger partial charge in [0.1, 0.15) is 0 Å². The van der Waals surface area contributed by atoms with Crippen molar-refractivity contribution in [1.82, 2.24) is 10.2 Å². The molecule has 22 heavy (non-hydrogen) atoms. The van der Waals surface area contributed by atoms with E-state index in [4.69, 9.17) is 0 Å². The maximum Gasteiger partial charge on any atom is 0.0377 e. The van der Waals surface area contributed by atoms with Gasteiger partial charge in [0.05, 0.1) is 0 Å². The van der Waals surface area contributed by atoms with E-state index in [-0.39, 0.29) is 24.8 Å². The zero-order valence-electron chi connectivity index (χ0n) is 12.6. The SMILES string of the molecule is Brc1ccc([C@H](C2CCCC2)N2CCNCC2)cc1Br.Cl.Cl. The lowest BCUT2D eigenvalue weighted by Gasteiger charge is -2.38. The van der Waals surface area contributed by atoms with Crippen molar-refractivity contribution in [3.63, 3.8) is 0 Å². The molecular weight excluding hydrogens is 451 g/mol. The van der Waals surface area contributed by atoms with Crippen LogP contribution in [0.5, 0.6) is 0 Å². The second-order valence-electron chi connectivity index (χ2n) is 5.95. The van der Waals surface area contributed by atoms with Crippen LogP contribution in [-0.2, 0) is 0 Å². The average Bonchev–Trinajstić information content (AvgIpc) is 2.98. The Hall–Kier alpha value is 0.680. The molecule has 1 saturated carbocycles. The summed E-state index contributed by atoms with van der Waals surface area (Å²) in [5, 5.41) is 3.47. The molecule has 1 aliphatic heterocycles. The Morgan fingerprint density at radius 2 is 1.64 bits per heavy atom. The third-order valence-electron chi connectivity index (χ3n) is 4.68. The van der Waals surface area contributed by atoms with Crippen molar-refractivity contribution >= 4 is 56.7 Å². The number of nitrogens with zero attached hydrogens (tertiary/aromatic N) is 1. The van der Waals surface area contributed by atoms with Gasteiger partial charge >= 0.3 is 0 Å². The van der Waals surface area contributed by atoms with Crippen LogP contribution in [0.3, 0.4) is 0 Å². The summed E-state index contributed by atoms with van der Waals surface area (Å²) >= 11 is 7.26. The zero-order valence-corrected chi connectivity index (χ0v) is 17.4. The van der Waals surface area contributed by atoms with Crippen molar-refractivity contribution in [3.05, 3.63) is 32.7 Å². The van der Waals surface area contributed by atoms with Gasteiger partial charge in [0.25, 0.3) is 0 Å². The molecule has 1 aliphatic carbocycles. The van der Waals surface area contributed by atoms with Crippen LogP contribution in [0, 0.1) is 5.92 Å². The highest BCUT2D eigenvalue weighted by Crippen LogP contribution is 2.41. The average molecular weight is 475 g/mol. The minimum atomic E-state index is 0. The van der Waals surface area contributed by atoms with Gasteiger partial charge in [-0.2, -0.15) is 0 Å². The van der Waals surface area contributed by atoms with Gasteiger partial charge in [0.15, 0.2) is 0 Å². The predicted molar refractivity (Wildman–Crippen MR) is 105 cm³/mol. The summed E-state index contributed by atoms with van der Waals surface area (Å²) in [5.74, 6) is 0.834. The highest BCUT2D eigenvalue weighted by atomic mass is 79.9. The molecule has 0 radical (unpaired) electrons. The smallest absolute Gasteiger partial charge is 0.0377 e. The highest BCUT2D eigenvalue weighted by molar-refractivity contribution is 9.13. The van der Waals surface area contributed by atoms with Gasteiger partial charge in [-0.25, -0.2) is 0 Å². The number of hydrogen-bond donors (Lipinski definition) is 1. The fourth-order valence-corrected chi connectivity index (χ4v) is 4.35. The summed E-state index contributed by atoms with van der Waals surface area (Å²) in [6, 6.07) is 7.41. The van der Waals surface area contributed by atoms with E-state index in [0.29, 0.717) is 6.04 Å². The van der Waals surface area contributed by atoms with Gasteiger partial charge in [-0.1, -0.05) is 18.9 Å². The fourth-order valence-electron chi connectivity index (χ4n) is 3.71. The van der Waals surface area contributed by atoms with Crippen molar-refractivity contribution in [2.75, 3.05) is 26.2 Å². The first-order valence-electron chi connectivity index (χ1n) is 7.65. The normalized spacial score (nSPS) is 21.0. The number of halogens is 4. The Morgan fingerprint density at radius 3 is 2.23 bits per heavy atom. The molecule has 1 atom stereocenters. The van der Waals surface area contributed by atoms with Crippen LogP contribution in [0.15, 0.2) is 27.1 Å². The molecule has 0 unspecified atom stereocenters. The number of hydrogen-bond acceptors (Lipinski definition) is 2. The standard InChI is InChI=1S/C16H22Br2N2.2ClH/c17-14-6-5-13(11-15(14)18)16(12-3-1-2-4-12)20-9-7-19-8-10-20;;/h5-6,11-12,16,19H,1-4,7-10H2;2*1H/t16-;;/m0../s1. The van der Waals surface area contributed by atoms with Gasteiger partial charge in [-0.15, -0.1) is 24.8 Å². The van der Waals surface area contributed by atoms with E-state index >= 15 is 0 Å². The molecule has 0 bridgehead atoms. The fraction of sp³-hybridized carbons (Fsp3) is 0.625. The van der Waals surface area contributed by atoms with Crippen molar-refractivity contribution in [2.24, 2.45) is 5.92 Å². The minimum absolute atomic E-state index is 0. The van der Waals surface area contributed by atoms with E-state index in [9.17, 15) is 0 Å². The van der Waals surface area contributed by atoms with Crippen LogP contribution < -0.4 is 5.32 Å². The topological polar surface area (TPSA) is 15.3 Å². The Bertz CT molecular complexity index is 461. The first-order valence-corrected chi connectivity index (χ1v) is 9.24. The van der Waals surface area contributed by atoms with Gasteiger partial charge in [0, 0.05) is 41.2 Å². The van der Waals surface area contributed by atoms with E-state index in [0.717, 1.165) is 23.5 Å². The van der Waals surface area contributed by atoms with Crippen molar-refractivity contribution < 1.29 is 0 Å². The maximum atomic E-state index is 3.67. The van der Waals surface area contributed by atoms with Crippen LogP contribution in [0.1, 0.15) is 37.3 Å². The van der Waals surface area contributed by atoms with Crippen molar-refractivity contribution in [1.29, 1.82) is 0 Å². The molecule has 6 heteroatoms. The molecular formula is C16H24Br2Cl2N2. The number of benzene rings is 1. The summed E-state index contributed by atoms with van der Waals surface area (Å²) in [4.78, 5) is 2.70.